The molecule has 1 saturated carbocycles. The van der Waals surface area contributed by atoms with Crippen LogP contribution in [-0.2, 0) is 20.8 Å². The Hall–Kier alpha value is -2.87. The molecular weight excluding hydrogens is 372 g/mol. The quantitative estimate of drug-likeness (QED) is 0.780. The van der Waals surface area contributed by atoms with Gasteiger partial charge in [0, 0.05) is 32.2 Å². The van der Waals surface area contributed by atoms with Gasteiger partial charge in [-0.05, 0) is 31.2 Å². The van der Waals surface area contributed by atoms with Crippen molar-refractivity contribution >= 4 is 17.8 Å². The number of nitrogens with zero attached hydrogens (tertiary/aromatic N) is 2. The van der Waals surface area contributed by atoms with Crippen LogP contribution in [0.1, 0.15) is 42.9 Å². The van der Waals surface area contributed by atoms with Crippen molar-refractivity contribution in [3.63, 3.8) is 0 Å². The lowest BCUT2D eigenvalue weighted by atomic mass is 9.80. The van der Waals surface area contributed by atoms with Crippen LogP contribution in [0.4, 0.5) is 10.6 Å². The van der Waals surface area contributed by atoms with Gasteiger partial charge in [0.15, 0.2) is 0 Å². The van der Waals surface area contributed by atoms with Gasteiger partial charge >= 0.3 is 6.09 Å². The van der Waals surface area contributed by atoms with Crippen LogP contribution in [0.15, 0.2) is 36.4 Å². The van der Waals surface area contributed by atoms with Crippen LogP contribution in [0.25, 0.3) is 0 Å². The van der Waals surface area contributed by atoms with Gasteiger partial charge < -0.3 is 19.7 Å². The SMILES string of the molecule is CN(Cc1ccccc1)C(=O)OC1CC(c2cc(NC(=O)[C@H]3CCCO3)[nH]n2)C1. The number of benzene rings is 1. The molecule has 29 heavy (non-hydrogen) atoms. The summed E-state index contributed by atoms with van der Waals surface area (Å²) in [6, 6.07) is 11.7. The fourth-order valence-electron chi connectivity index (χ4n) is 3.67. The first-order valence-corrected chi connectivity index (χ1v) is 10.0. The molecule has 2 aromatic rings. The number of nitrogens with one attached hydrogen (secondary N) is 2. The number of hydrogen-bond acceptors (Lipinski definition) is 5. The van der Waals surface area contributed by atoms with Crippen molar-refractivity contribution in [2.24, 2.45) is 0 Å². The predicted molar refractivity (Wildman–Crippen MR) is 106 cm³/mol. The summed E-state index contributed by atoms with van der Waals surface area (Å²) in [5, 5.41) is 9.96. The van der Waals surface area contributed by atoms with E-state index in [1.807, 2.05) is 36.4 Å². The van der Waals surface area contributed by atoms with Crippen LogP contribution in [0, 0.1) is 0 Å². The summed E-state index contributed by atoms with van der Waals surface area (Å²) in [4.78, 5) is 25.9. The number of hydrogen-bond donors (Lipinski definition) is 2. The third kappa shape index (κ3) is 4.76. The number of H-pyrrole nitrogens is 1. The number of ether oxygens (including phenoxy) is 2. The lowest BCUT2D eigenvalue weighted by Gasteiger charge is -2.34. The minimum absolute atomic E-state index is 0.104. The van der Waals surface area contributed by atoms with E-state index >= 15 is 0 Å². The molecule has 0 spiro atoms. The second-order valence-corrected chi connectivity index (χ2v) is 7.71. The predicted octanol–water partition coefficient (Wildman–Crippen LogP) is 3.04. The van der Waals surface area contributed by atoms with E-state index in [1.54, 1.807) is 11.9 Å². The monoisotopic (exact) mass is 398 g/mol. The highest BCUT2D eigenvalue weighted by molar-refractivity contribution is 5.93. The summed E-state index contributed by atoms with van der Waals surface area (Å²) in [7, 11) is 1.74. The zero-order chi connectivity index (χ0) is 20.2. The number of aromatic amines is 1. The van der Waals surface area contributed by atoms with Crippen molar-refractivity contribution in [1.29, 1.82) is 0 Å². The van der Waals surface area contributed by atoms with E-state index in [1.165, 1.54) is 0 Å². The zero-order valence-electron chi connectivity index (χ0n) is 16.5. The van der Waals surface area contributed by atoms with Crippen molar-refractivity contribution < 1.29 is 19.1 Å². The molecule has 2 fully saturated rings. The first-order valence-electron chi connectivity index (χ1n) is 10.0. The van der Waals surface area contributed by atoms with E-state index in [0.717, 1.165) is 36.9 Å². The topological polar surface area (TPSA) is 96.5 Å². The maximum atomic E-state index is 12.3. The Labute approximate surface area is 169 Å². The van der Waals surface area contributed by atoms with E-state index in [9.17, 15) is 9.59 Å². The second kappa shape index (κ2) is 8.65. The second-order valence-electron chi connectivity index (χ2n) is 7.71. The average molecular weight is 398 g/mol. The number of carbonyl (C=O) groups excluding carboxylic acids is 2. The number of anilines is 1. The standard InChI is InChI=1S/C21H26N4O4/c1-25(13-14-6-3-2-4-7-14)21(27)29-16-10-15(11-16)17-12-19(24-23-17)22-20(26)18-8-5-9-28-18/h2-4,6-7,12,15-16,18H,5,8-11,13H2,1H3,(H2,22,23,24,26)/t15?,16?,18-/m1/s1. The first-order chi connectivity index (χ1) is 14.1. The van der Waals surface area contributed by atoms with Crippen LogP contribution in [0.2, 0.25) is 0 Å². The normalized spacial score (nSPS) is 23.3. The molecule has 0 bridgehead atoms. The fourth-order valence-corrected chi connectivity index (χ4v) is 3.67. The first kappa shape index (κ1) is 19.4. The molecule has 0 unspecified atom stereocenters. The lowest BCUT2D eigenvalue weighted by molar-refractivity contribution is -0.124. The molecule has 1 aliphatic carbocycles. The molecular formula is C21H26N4O4. The third-order valence-corrected chi connectivity index (χ3v) is 5.43. The molecule has 8 nitrogen and oxygen atoms in total. The molecule has 2 heterocycles. The number of carbonyl (C=O) groups is 2. The van der Waals surface area contributed by atoms with Gasteiger partial charge in [-0.1, -0.05) is 30.3 Å². The van der Waals surface area contributed by atoms with Gasteiger partial charge in [0.25, 0.3) is 5.91 Å². The summed E-state index contributed by atoms with van der Waals surface area (Å²) in [5.74, 6) is 0.653. The van der Waals surface area contributed by atoms with Crippen molar-refractivity contribution in [3.8, 4) is 0 Å². The van der Waals surface area contributed by atoms with Gasteiger partial charge in [0.2, 0.25) is 0 Å². The van der Waals surface area contributed by atoms with Gasteiger partial charge in [-0.3, -0.25) is 9.89 Å². The Morgan fingerprint density at radius 1 is 1.31 bits per heavy atom. The van der Waals surface area contributed by atoms with E-state index in [4.69, 9.17) is 9.47 Å². The van der Waals surface area contributed by atoms with Crippen molar-refractivity contribution in [1.82, 2.24) is 15.1 Å². The van der Waals surface area contributed by atoms with Crippen LogP contribution >= 0.6 is 0 Å². The Morgan fingerprint density at radius 3 is 2.83 bits per heavy atom. The Balaban J connectivity index is 1.21. The Morgan fingerprint density at radius 2 is 2.10 bits per heavy atom. The number of aromatic nitrogens is 2. The summed E-state index contributed by atoms with van der Waals surface area (Å²) in [6.45, 7) is 1.15. The Bertz CT molecular complexity index is 841. The third-order valence-electron chi connectivity index (χ3n) is 5.43. The molecule has 1 atom stereocenters. The highest BCUT2D eigenvalue weighted by Crippen LogP contribution is 2.38. The molecule has 154 valence electrons. The maximum Gasteiger partial charge on any atom is 0.410 e. The maximum absolute atomic E-state index is 12.3. The lowest BCUT2D eigenvalue weighted by Crippen LogP contribution is -2.37. The van der Waals surface area contributed by atoms with E-state index in [2.05, 4.69) is 15.5 Å². The molecule has 1 saturated heterocycles. The smallest absolute Gasteiger partial charge is 0.410 e. The van der Waals surface area contributed by atoms with Crippen molar-refractivity contribution in [2.75, 3.05) is 19.0 Å². The van der Waals surface area contributed by atoms with Gasteiger partial charge in [0.05, 0.1) is 5.69 Å². The molecule has 0 radical (unpaired) electrons. The van der Waals surface area contributed by atoms with Gasteiger partial charge in [-0.25, -0.2) is 4.79 Å². The van der Waals surface area contributed by atoms with Gasteiger partial charge in [-0.2, -0.15) is 5.10 Å². The molecule has 1 aliphatic heterocycles. The molecule has 4 rings (SSSR count). The number of amides is 2. The van der Waals surface area contributed by atoms with E-state index < -0.39 is 0 Å². The molecule has 8 heteroatoms. The van der Waals surface area contributed by atoms with Crippen LogP contribution in [-0.4, -0.2) is 53.0 Å². The molecule has 2 aliphatic rings. The molecule has 2 N–H and O–H groups in total. The summed E-state index contributed by atoms with van der Waals surface area (Å²) in [6.07, 6.45) is 2.33. The average Bonchev–Trinajstić information content (AvgIpc) is 3.37. The summed E-state index contributed by atoms with van der Waals surface area (Å²) >= 11 is 0. The Kier molecular flexibility index (Phi) is 5.80. The molecule has 1 aromatic heterocycles. The van der Waals surface area contributed by atoms with Crippen LogP contribution in [0.3, 0.4) is 0 Å². The highest BCUT2D eigenvalue weighted by atomic mass is 16.6. The zero-order valence-corrected chi connectivity index (χ0v) is 16.5. The summed E-state index contributed by atoms with van der Waals surface area (Å²) in [5.41, 5.74) is 1.94. The minimum atomic E-state index is -0.373. The molecule has 2 amide bonds. The van der Waals surface area contributed by atoms with Crippen LogP contribution < -0.4 is 5.32 Å². The summed E-state index contributed by atoms with van der Waals surface area (Å²) < 4.78 is 11.0. The van der Waals surface area contributed by atoms with Crippen LogP contribution in [0.5, 0.6) is 0 Å². The van der Waals surface area contributed by atoms with Crippen molar-refractivity contribution in [2.45, 2.75) is 50.4 Å². The van der Waals surface area contributed by atoms with Gasteiger partial charge in [0.1, 0.15) is 18.0 Å². The van der Waals surface area contributed by atoms with E-state index in [-0.39, 0.29) is 30.1 Å². The largest absolute Gasteiger partial charge is 0.446 e. The highest BCUT2D eigenvalue weighted by Gasteiger charge is 2.35. The van der Waals surface area contributed by atoms with E-state index in [0.29, 0.717) is 19.0 Å². The molecule has 1 aromatic carbocycles. The minimum Gasteiger partial charge on any atom is -0.446 e. The number of rotatable bonds is 6. The fraction of sp³-hybridized carbons (Fsp3) is 0.476. The van der Waals surface area contributed by atoms with Crippen molar-refractivity contribution in [3.05, 3.63) is 47.7 Å². The van der Waals surface area contributed by atoms with Gasteiger partial charge in [-0.15, -0.1) is 0 Å².